The number of rotatable bonds is 8. The van der Waals surface area contributed by atoms with E-state index in [4.69, 9.17) is 0 Å². The molecule has 1 aromatic rings. The highest BCUT2D eigenvalue weighted by atomic mass is 15.2. The van der Waals surface area contributed by atoms with Crippen LogP contribution >= 0.6 is 0 Å². The van der Waals surface area contributed by atoms with Gasteiger partial charge in [-0.3, -0.25) is 4.68 Å². The van der Waals surface area contributed by atoms with Gasteiger partial charge in [0.25, 0.3) is 0 Å². The maximum Gasteiger partial charge on any atom is 0.0521 e. The average molecular weight is 237 g/mol. The molecule has 0 aliphatic rings. The normalized spacial score (nSPS) is 14.8. The lowest BCUT2D eigenvalue weighted by atomic mass is 9.92. The van der Waals surface area contributed by atoms with E-state index in [1.54, 1.807) is 0 Å². The van der Waals surface area contributed by atoms with Gasteiger partial charge in [-0.15, -0.1) is 0 Å². The van der Waals surface area contributed by atoms with Crippen LogP contribution in [0.2, 0.25) is 0 Å². The number of aryl methyl sites for hydroxylation is 2. The molecule has 17 heavy (non-hydrogen) atoms. The summed E-state index contributed by atoms with van der Waals surface area (Å²) in [5.41, 5.74) is 1.36. The quantitative estimate of drug-likeness (QED) is 0.753. The first kappa shape index (κ1) is 14.2. The van der Waals surface area contributed by atoms with Crippen molar-refractivity contribution < 1.29 is 0 Å². The van der Waals surface area contributed by atoms with Crippen LogP contribution in [-0.2, 0) is 13.5 Å². The van der Waals surface area contributed by atoms with Crippen LogP contribution in [-0.4, -0.2) is 22.4 Å². The van der Waals surface area contributed by atoms with Crippen LogP contribution in [0.25, 0.3) is 0 Å². The molecule has 98 valence electrons. The van der Waals surface area contributed by atoms with Crippen LogP contribution in [0.15, 0.2) is 12.4 Å². The minimum Gasteiger partial charge on any atom is -0.314 e. The number of hydrogen-bond donors (Lipinski definition) is 1. The molecule has 0 spiro atoms. The van der Waals surface area contributed by atoms with Crippen LogP contribution in [0.5, 0.6) is 0 Å². The molecule has 1 heterocycles. The average Bonchev–Trinajstić information content (AvgIpc) is 2.73. The minimum absolute atomic E-state index is 0.622. The number of hydrogen-bond acceptors (Lipinski definition) is 2. The first-order valence-electron chi connectivity index (χ1n) is 6.88. The highest BCUT2D eigenvalue weighted by molar-refractivity contribution is 5.03. The number of aromatic nitrogens is 2. The van der Waals surface area contributed by atoms with Crippen molar-refractivity contribution >= 4 is 0 Å². The molecule has 0 bridgehead atoms. The van der Waals surface area contributed by atoms with Gasteiger partial charge >= 0.3 is 0 Å². The fraction of sp³-hybridized carbons (Fsp3) is 0.786. The molecular formula is C14H27N3. The van der Waals surface area contributed by atoms with Crippen molar-refractivity contribution in [3.8, 4) is 0 Å². The Morgan fingerprint density at radius 2 is 2.18 bits per heavy atom. The Labute approximate surface area is 106 Å². The predicted octanol–water partition coefficient (Wildman–Crippen LogP) is 2.77. The van der Waals surface area contributed by atoms with Crippen LogP contribution < -0.4 is 5.32 Å². The molecule has 1 rings (SSSR count). The van der Waals surface area contributed by atoms with Gasteiger partial charge in [0.1, 0.15) is 0 Å². The van der Waals surface area contributed by atoms with E-state index >= 15 is 0 Å². The first-order chi connectivity index (χ1) is 8.17. The van der Waals surface area contributed by atoms with E-state index < -0.39 is 0 Å². The third-order valence-electron chi connectivity index (χ3n) is 3.51. The molecule has 3 heteroatoms. The van der Waals surface area contributed by atoms with Crippen molar-refractivity contribution in [3.05, 3.63) is 18.0 Å². The minimum atomic E-state index is 0.622. The molecule has 2 atom stereocenters. The van der Waals surface area contributed by atoms with E-state index in [1.165, 1.54) is 24.8 Å². The van der Waals surface area contributed by atoms with Crippen molar-refractivity contribution in [1.82, 2.24) is 15.1 Å². The molecule has 0 radical (unpaired) electrons. The largest absolute Gasteiger partial charge is 0.314 e. The monoisotopic (exact) mass is 237 g/mol. The van der Waals surface area contributed by atoms with Crippen molar-refractivity contribution in [2.45, 2.75) is 52.5 Å². The van der Waals surface area contributed by atoms with Gasteiger partial charge in [0.05, 0.1) is 6.20 Å². The zero-order chi connectivity index (χ0) is 12.7. The highest BCUT2D eigenvalue weighted by Crippen LogP contribution is 2.16. The Morgan fingerprint density at radius 3 is 2.71 bits per heavy atom. The molecule has 0 fully saturated rings. The summed E-state index contributed by atoms with van der Waals surface area (Å²) in [6.45, 7) is 7.95. The van der Waals surface area contributed by atoms with Gasteiger partial charge in [-0.25, -0.2) is 0 Å². The van der Waals surface area contributed by atoms with Crippen LogP contribution in [0, 0.1) is 5.92 Å². The van der Waals surface area contributed by atoms with E-state index in [1.807, 2.05) is 17.9 Å². The molecule has 0 aliphatic carbocycles. The van der Waals surface area contributed by atoms with Gasteiger partial charge in [0.2, 0.25) is 0 Å². The molecule has 1 N–H and O–H groups in total. The van der Waals surface area contributed by atoms with E-state index in [2.05, 4.69) is 37.4 Å². The molecule has 1 aromatic heterocycles. The Balaban J connectivity index is 2.36. The number of nitrogens with one attached hydrogen (secondary N) is 1. The second-order valence-corrected chi connectivity index (χ2v) is 4.97. The summed E-state index contributed by atoms with van der Waals surface area (Å²) in [6.07, 6.45) is 8.96. The molecule has 0 amide bonds. The first-order valence-corrected chi connectivity index (χ1v) is 6.88. The summed E-state index contributed by atoms with van der Waals surface area (Å²) in [6, 6.07) is 0.622. The summed E-state index contributed by atoms with van der Waals surface area (Å²) in [7, 11) is 1.98. The predicted molar refractivity (Wildman–Crippen MR) is 73.1 cm³/mol. The third kappa shape index (κ3) is 4.90. The summed E-state index contributed by atoms with van der Waals surface area (Å²) in [5, 5.41) is 7.82. The van der Waals surface area contributed by atoms with Crippen molar-refractivity contribution in [3.63, 3.8) is 0 Å². The van der Waals surface area contributed by atoms with Crippen molar-refractivity contribution in [1.29, 1.82) is 0 Å². The molecule has 2 unspecified atom stereocenters. The number of nitrogens with zero attached hydrogens (tertiary/aromatic N) is 2. The maximum atomic E-state index is 4.22. The lowest BCUT2D eigenvalue weighted by molar-refractivity contribution is 0.344. The second-order valence-electron chi connectivity index (χ2n) is 4.97. The smallest absolute Gasteiger partial charge is 0.0521 e. The fourth-order valence-corrected chi connectivity index (χ4v) is 2.30. The van der Waals surface area contributed by atoms with E-state index in [9.17, 15) is 0 Å². The standard InChI is InChI=1S/C14H27N3/c1-5-9-15-12(3)14(6-2)8-7-13-10-16-17(4)11-13/h10-12,14-15H,5-9H2,1-4H3. The lowest BCUT2D eigenvalue weighted by Gasteiger charge is -2.23. The van der Waals surface area contributed by atoms with Crippen LogP contribution in [0.4, 0.5) is 0 Å². The molecule has 0 saturated heterocycles. The molecule has 0 aromatic carbocycles. The van der Waals surface area contributed by atoms with Gasteiger partial charge < -0.3 is 5.32 Å². The van der Waals surface area contributed by atoms with Gasteiger partial charge in [-0.1, -0.05) is 20.3 Å². The van der Waals surface area contributed by atoms with E-state index in [0.717, 1.165) is 18.9 Å². The van der Waals surface area contributed by atoms with Gasteiger partial charge in [-0.05, 0) is 44.2 Å². The molecular weight excluding hydrogens is 210 g/mol. The van der Waals surface area contributed by atoms with Gasteiger partial charge in [0, 0.05) is 19.3 Å². The lowest BCUT2D eigenvalue weighted by Crippen LogP contribution is -2.34. The van der Waals surface area contributed by atoms with Crippen LogP contribution in [0.1, 0.15) is 45.6 Å². The molecule has 3 nitrogen and oxygen atoms in total. The van der Waals surface area contributed by atoms with Crippen molar-refractivity contribution in [2.75, 3.05) is 6.54 Å². The third-order valence-corrected chi connectivity index (χ3v) is 3.51. The zero-order valence-electron chi connectivity index (χ0n) is 11.7. The summed E-state index contributed by atoms with van der Waals surface area (Å²) in [4.78, 5) is 0. The summed E-state index contributed by atoms with van der Waals surface area (Å²) < 4.78 is 1.88. The fourth-order valence-electron chi connectivity index (χ4n) is 2.30. The molecule has 0 aliphatic heterocycles. The Morgan fingerprint density at radius 1 is 1.41 bits per heavy atom. The zero-order valence-corrected chi connectivity index (χ0v) is 11.7. The second kappa shape index (κ2) is 7.49. The van der Waals surface area contributed by atoms with Crippen molar-refractivity contribution in [2.24, 2.45) is 13.0 Å². The molecule has 0 saturated carbocycles. The van der Waals surface area contributed by atoms with Crippen LogP contribution in [0.3, 0.4) is 0 Å². The Kier molecular flexibility index (Phi) is 6.27. The summed E-state index contributed by atoms with van der Waals surface area (Å²) in [5.74, 6) is 0.766. The highest BCUT2D eigenvalue weighted by Gasteiger charge is 2.14. The SMILES string of the molecule is CCCNC(C)C(CC)CCc1cnn(C)c1. The Bertz CT molecular complexity index is 306. The van der Waals surface area contributed by atoms with Gasteiger partial charge in [0.15, 0.2) is 0 Å². The summed E-state index contributed by atoms with van der Waals surface area (Å²) >= 11 is 0. The topological polar surface area (TPSA) is 29.9 Å². The van der Waals surface area contributed by atoms with Gasteiger partial charge in [-0.2, -0.15) is 5.10 Å². The van der Waals surface area contributed by atoms with E-state index in [-0.39, 0.29) is 0 Å². The van der Waals surface area contributed by atoms with E-state index in [0.29, 0.717) is 6.04 Å². The Hall–Kier alpha value is -0.830. The maximum absolute atomic E-state index is 4.22.